The van der Waals surface area contributed by atoms with Gasteiger partial charge in [0, 0.05) is 0 Å². The van der Waals surface area contributed by atoms with Crippen LogP contribution in [0.4, 0.5) is 0 Å². The molecule has 0 N–H and O–H groups in total. The number of hydrogen-bond acceptors (Lipinski definition) is 3. The van der Waals surface area contributed by atoms with Crippen LogP contribution in [0, 0.1) is 6.57 Å². The van der Waals surface area contributed by atoms with Gasteiger partial charge in [-0.15, -0.1) is 0 Å². The van der Waals surface area contributed by atoms with Crippen LogP contribution in [0.3, 0.4) is 0 Å². The van der Waals surface area contributed by atoms with Crippen LogP contribution in [0.15, 0.2) is 12.0 Å². The summed E-state index contributed by atoms with van der Waals surface area (Å²) in [6.45, 7) is 10.8. The molecular weight excluding hydrogens is 158 g/mol. The Morgan fingerprint density at radius 1 is 1.50 bits per heavy atom. The van der Waals surface area contributed by atoms with E-state index in [9.17, 15) is 4.79 Å². The summed E-state index contributed by atoms with van der Waals surface area (Å²) in [4.78, 5) is 13.9. The van der Waals surface area contributed by atoms with Crippen LogP contribution >= 0.6 is 0 Å². The van der Waals surface area contributed by atoms with Gasteiger partial charge in [0.2, 0.25) is 0 Å². The van der Waals surface area contributed by atoms with Gasteiger partial charge in [-0.1, -0.05) is 0 Å². The lowest BCUT2D eigenvalue weighted by Crippen LogP contribution is -2.05. The highest BCUT2D eigenvalue weighted by atomic mass is 16.5. The number of ether oxygens (including phenoxy) is 2. The third kappa shape index (κ3) is 3.62. The van der Waals surface area contributed by atoms with E-state index in [0.29, 0.717) is 6.61 Å². The quantitative estimate of drug-likeness (QED) is 0.276. The number of esters is 1. The van der Waals surface area contributed by atoms with E-state index >= 15 is 0 Å². The summed E-state index contributed by atoms with van der Waals surface area (Å²) in [6.07, 6.45) is 1.12. The van der Waals surface area contributed by atoms with Crippen LogP contribution in [-0.2, 0) is 14.3 Å². The fraction of sp³-hybridized carbons (Fsp3) is 0.500. The molecule has 0 saturated heterocycles. The number of nitrogens with zero attached hydrogens (tertiary/aromatic N) is 1. The van der Waals surface area contributed by atoms with E-state index in [1.165, 1.54) is 0 Å². The Hall–Kier alpha value is -1.50. The van der Waals surface area contributed by atoms with Crippen molar-refractivity contribution in [1.29, 1.82) is 0 Å². The molecule has 0 aliphatic carbocycles. The zero-order chi connectivity index (χ0) is 9.40. The Bertz CT molecular complexity index is 215. The molecule has 0 heterocycles. The van der Waals surface area contributed by atoms with Crippen LogP contribution < -0.4 is 0 Å². The molecule has 0 amide bonds. The van der Waals surface area contributed by atoms with Crippen molar-refractivity contribution in [3.05, 3.63) is 23.4 Å². The van der Waals surface area contributed by atoms with Gasteiger partial charge in [0.1, 0.15) is 0 Å². The Morgan fingerprint density at radius 3 is 2.58 bits per heavy atom. The van der Waals surface area contributed by atoms with E-state index in [1.807, 2.05) is 0 Å². The lowest BCUT2D eigenvalue weighted by Gasteiger charge is -1.99. The monoisotopic (exact) mass is 169 g/mol. The molecule has 0 fully saturated rings. The molecule has 0 aromatic rings. The Labute approximate surface area is 71.6 Å². The van der Waals surface area contributed by atoms with E-state index in [2.05, 4.69) is 9.58 Å². The molecular formula is C8H11NO3. The summed E-state index contributed by atoms with van der Waals surface area (Å²) in [5, 5.41) is 0. The van der Waals surface area contributed by atoms with Crippen molar-refractivity contribution in [2.75, 3.05) is 13.2 Å². The van der Waals surface area contributed by atoms with Crippen molar-refractivity contribution in [2.24, 2.45) is 0 Å². The molecule has 0 atom stereocenters. The van der Waals surface area contributed by atoms with Crippen molar-refractivity contribution >= 4 is 5.97 Å². The normalized spacial score (nSPS) is 10.2. The Morgan fingerprint density at radius 2 is 2.17 bits per heavy atom. The highest BCUT2D eigenvalue weighted by Crippen LogP contribution is 2.00. The highest BCUT2D eigenvalue weighted by molar-refractivity contribution is 5.90. The number of carbonyl (C=O) groups excluding carboxylic acids is 1. The van der Waals surface area contributed by atoms with Gasteiger partial charge in [0.05, 0.1) is 26.0 Å². The Balaban J connectivity index is 4.16. The zero-order valence-electron chi connectivity index (χ0n) is 7.16. The van der Waals surface area contributed by atoms with E-state index in [1.54, 1.807) is 13.8 Å². The van der Waals surface area contributed by atoms with Crippen LogP contribution in [0.2, 0.25) is 0 Å². The number of hydrogen-bond donors (Lipinski definition) is 0. The summed E-state index contributed by atoms with van der Waals surface area (Å²) < 4.78 is 9.37. The van der Waals surface area contributed by atoms with Crippen molar-refractivity contribution in [3.8, 4) is 0 Å². The number of rotatable bonds is 4. The molecule has 0 saturated carbocycles. The molecule has 0 radical (unpaired) electrons. The predicted octanol–water partition coefficient (Wildman–Crippen LogP) is 1.35. The predicted molar refractivity (Wildman–Crippen MR) is 42.9 cm³/mol. The molecule has 0 unspecified atom stereocenters. The topological polar surface area (TPSA) is 39.9 Å². The lowest BCUT2D eigenvalue weighted by molar-refractivity contribution is -0.138. The molecule has 0 aliphatic rings. The molecule has 12 heavy (non-hydrogen) atoms. The van der Waals surface area contributed by atoms with E-state index in [4.69, 9.17) is 11.3 Å². The van der Waals surface area contributed by atoms with Crippen LogP contribution in [-0.4, -0.2) is 19.2 Å². The molecule has 4 nitrogen and oxygen atoms in total. The minimum Gasteiger partial charge on any atom is -0.512 e. The molecule has 0 bridgehead atoms. The Kier molecular flexibility index (Phi) is 5.45. The third-order valence-corrected chi connectivity index (χ3v) is 0.967. The maximum atomic E-state index is 10.9. The van der Waals surface area contributed by atoms with Crippen molar-refractivity contribution < 1.29 is 14.3 Å². The third-order valence-electron chi connectivity index (χ3n) is 0.967. The summed E-state index contributed by atoms with van der Waals surface area (Å²) in [7, 11) is 0. The molecule has 0 aromatic heterocycles. The van der Waals surface area contributed by atoms with Gasteiger partial charge in [0.15, 0.2) is 0 Å². The van der Waals surface area contributed by atoms with Crippen LogP contribution in [0.1, 0.15) is 13.8 Å². The highest BCUT2D eigenvalue weighted by Gasteiger charge is 2.10. The van der Waals surface area contributed by atoms with Gasteiger partial charge in [-0.3, -0.25) is 4.79 Å². The fourth-order valence-electron chi connectivity index (χ4n) is 0.487. The fourth-order valence-corrected chi connectivity index (χ4v) is 0.487. The maximum Gasteiger partial charge on any atom is 0.339 e. The van der Waals surface area contributed by atoms with Gasteiger partial charge in [-0.2, -0.15) is 0 Å². The first kappa shape index (κ1) is 10.5. The minimum atomic E-state index is -0.638. The molecule has 4 heteroatoms. The first-order valence-corrected chi connectivity index (χ1v) is 3.62. The van der Waals surface area contributed by atoms with Crippen molar-refractivity contribution in [3.63, 3.8) is 0 Å². The summed E-state index contributed by atoms with van der Waals surface area (Å²) >= 11 is 0. The lowest BCUT2D eigenvalue weighted by atomic mass is 10.5. The molecule has 0 aromatic carbocycles. The van der Waals surface area contributed by atoms with Gasteiger partial charge < -0.3 is 9.47 Å². The van der Waals surface area contributed by atoms with E-state index < -0.39 is 5.97 Å². The van der Waals surface area contributed by atoms with Gasteiger partial charge in [-0.25, -0.2) is 4.85 Å². The van der Waals surface area contributed by atoms with Crippen LogP contribution in [0.5, 0.6) is 0 Å². The average molecular weight is 169 g/mol. The second-order valence-electron chi connectivity index (χ2n) is 1.79. The second kappa shape index (κ2) is 6.23. The second-order valence-corrected chi connectivity index (χ2v) is 1.79. The largest absolute Gasteiger partial charge is 0.512 e. The summed E-state index contributed by atoms with van der Waals surface area (Å²) in [6, 6.07) is 0. The minimum absolute atomic E-state index is 0.126. The van der Waals surface area contributed by atoms with E-state index in [-0.39, 0.29) is 12.3 Å². The number of carbonyl (C=O) groups is 1. The molecule has 66 valence electrons. The molecule has 0 rings (SSSR count). The van der Waals surface area contributed by atoms with E-state index in [0.717, 1.165) is 6.26 Å². The van der Waals surface area contributed by atoms with Gasteiger partial charge >= 0.3 is 11.7 Å². The molecule has 0 aliphatic heterocycles. The molecule has 0 spiro atoms. The summed E-state index contributed by atoms with van der Waals surface area (Å²) in [5.74, 6) is -0.638. The SMILES string of the molecule is [C-]#[N+]/C(=C/OCC)C(=O)OCC. The van der Waals surface area contributed by atoms with Gasteiger partial charge in [-0.05, 0) is 13.8 Å². The van der Waals surface area contributed by atoms with Crippen molar-refractivity contribution in [2.45, 2.75) is 13.8 Å². The maximum absolute atomic E-state index is 10.9. The van der Waals surface area contributed by atoms with Gasteiger partial charge in [0.25, 0.3) is 0 Å². The van der Waals surface area contributed by atoms with Crippen molar-refractivity contribution in [1.82, 2.24) is 0 Å². The zero-order valence-corrected chi connectivity index (χ0v) is 7.16. The standard InChI is InChI=1S/C8H11NO3/c1-4-11-6-7(9-3)8(10)12-5-2/h6H,4-5H2,1-2H3/b7-6+. The first-order valence-electron chi connectivity index (χ1n) is 3.62. The smallest absolute Gasteiger partial charge is 0.339 e. The van der Waals surface area contributed by atoms with Crippen LogP contribution in [0.25, 0.3) is 4.85 Å². The average Bonchev–Trinajstić information content (AvgIpc) is 2.06. The summed E-state index contributed by atoms with van der Waals surface area (Å²) in [5.41, 5.74) is -0.126. The first-order chi connectivity index (χ1) is 5.76.